The van der Waals surface area contributed by atoms with E-state index in [1.165, 1.54) is 21.7 Å². The van der Waals surface area contributed by atoms with Crippen LogP contribution in [0.15, 0.2) is 47.3 Å². The lowest BCUT2D eigenvalue weighted by molar-refractivity contribution is -0.384. The summed E-state index contributed by atoms with van der Waals surface area (Å²) in [4.78, 5) is 52.0. The third-order valence-electron chi connectivity index (χ3n) is 5.86. The molecule has 9 nitrogen and oxygen atoms in total. The summed E-state index contributed by atoms with van der Waals surface area (Å²) in [7, 11) is 0. The Bertz CT molecular complexity index is 1340. The molecule has 190 valence electrons. The van der Waals surface area contributed by atoms with Crippen molar-refractivity contribution in [2.75, 3.05) is 13.1 Å². The number of hydrogen-bond donors (Lipinski definition) is 1. The minimum Gasteiger partial charge on any atom is -0.331 e. The third-order valence-corrected chi connectivity index (χ3v) is 6.18. The smallest absolute Gasteiger partial charge is 0.288 e. The number of nitro benzene ring substituents is 1. The first-order valence-electron chi connectivity index (χ1n) is 11.7. The van der Waals surface area contributed by atoms with E-state index in [1.54, 1.807) is 12.1 Å². The van der Waals surface area contributed by atoms with Crippen molar-refractivity contribution in [2.24, 2.45) is 0 Å². The van der Waals surface area contributed by atoms with Gasteiger partial charge in [0.2, 0.25) is 0 Å². The second-order valence-corrected chi connectivity index (χ2v) is 9.37. The van der Waals surface area contributed by atoms with Crippen molar-refractivity contribution in [3.8, 4) is 5.69 Å². The standard InChI is InChI=1S/C26H29ClN4O5/c1-5-6-13-29(25(33)18-9-12-20(27)21(14-18)31(35)36)15-22(32)23-24(16(2)3)28-30(26(23)34)19-10-7-17(4)8-11-19/h7-12,14,16,28H,5-6,13,15H2,1-4H3. The lowest BCUT2D eigenvalue weighted by Crippen LogP contribution is -2.38. The highest BCUT2D eigenvalue weighted by Gasteiger charge is 2.28. The Morgan fingerprint density at radius 1 is 1.17 bits per heavy atom. The molecule has 1 N–H and O–H groups in total. The van der Waals surface area contributed by atoms with Crippen LogP contribution in [0.5, 0.6) is 0 Å². The highest BCUT2D eigenvalue weighted by atomic mass is 35.5. The number of Topliss-reactive ketones (excluding diaryl/α,β-unsaturated/α-hetero) is 1. The molecule has 0 aliphatic carbocycles. The Morgan fingerprint density at radius 2 is 1.83 bits per heavy atom. The topological polar surface area (TPSA) is 118 Å². The van der Waals surface area contributed by atoms with Gasteiger partial charge in [0.25, 0.3) is 17.2 Å². The minimum absolute atomic E-state index is 0.00181. The van der Waals surface area contributed by atoms with Gasteiger partial charge in [0.1, 0.15) is 10.6 Å². The van der Waals surface area contributed by atoms with E-state index < -0.39 is 27.9 Å². The number of aryl methyl sites for hydroxylation is 1. The van der Waals surface area contributed by atoms with Crippen LogP contribution < -0.4 is 5.56 Å². The SMILES string of the molecule is CCCCN(CC(=O)c1c(C(C)C)[nH]n(-c2ccc(C)cc2)c1=O)C(=O)c1ccc(Cl)c([N+](=O)[O-])c1. The van der Waals surface area contributed by atoms with Gasteiger partial charge >= 0.3 is 0 Å². The first-order valence-corrected chi connectivity index (χ1v) is 12.1. The lowest BCUT2D eigenvalue weighted by Gasteiger charge is -2.22. The maximum absolute atomic E-state index is 13.5. The molecule has 0 aliphatic rings. The summed E-state index contributed by atoms with van der Waals surface area (Å²) in [6, 6.07) is 11.1. The molecule has 0 saturated carbocycles. The summed E-state index contributed by atoms with van der Waals surface area (Å²) in [5.74, 6) is -1.20. The zero-order chi connectivity index (χ0) is 26.6. The van der Waals surface area contributed by atoms with Crippen molar-refractivity contribution in [3.05, 3.63) is 90.3 Å². The van der Waals surface area contributed by atoms with Crippen LogP contribution in [0, 0.1) is 17.0 Å². The minimum atomic E-state index is -0.664. The normalized spacial score (nSPS) is 11.1. The fourth-order valence-electron chi connectivity index (χ4n) is 3.84. The van der Waals surface area contributed by atoms with Crippen LogP contribution in [0.3, 0.4) is 0 Å². The molecule has 0 unspecified atom stereocenters. The van der Waals surface area contributed by atoms with E-state index in [4.69, 9.17) is 11.6 Å². The first kappa shape index (κ1) is 26.9. The number of aromatic amines is 1. The highest BCUT2D eigenvalue weighted by molar-refractivity contribution is 6.32. The van der Waals surface area contributed by atoms with Crippen molar-refractivity contribution >= 4 is 29.0 Å². The summed E-state index contributed by atoms with van der Waals surface area (Å²) in [6.45, 7) is 7.54. The van der Waals surface area contributed by atoms with E-state index in [0.717, 1.165) is 18.1 Å². The number of carbonyl (C=O) groups is 2. The van der Waals surface area contributed by atoms with Gasteiger partial charge in [0.05, 0.1) is 22.8 Å². The van der Waals surface area contributed by atoms with Crippen LogP contribution in [-0.2, 0) is 0 Å². The molecular weight excluding hydrogens is 484 g/mol. The number of rotatable bonds is 10. The molecule has 10 heteroatoms. The summed E-state index contributed by atoms with van der Waals surface area (Å²) in [5, 5.41) is 14.3. The van der Waals surface area contributed by atoms with Crippen molar-refractivity contribution < 1.29 is 14.5 Å². The monoisotopic (exact) mass is 512 g/mol. The Hall–Kier alpha value is -3.72. The molecule has 0 aliphatic heterocycles. The molecule has 0 spiro atoms. The maximum atomic E-state index is 13.5. The van der Waals surface area contributed by atoms with Crippen LogP contribution in [-0.4, -0.2) is 44.4 Å². The van der Waals surface area contributed by atoms with Gasteiger partial charge in [0, 0.05) is 18.2 Å². The van der Waals surface area contributed by atoms with Crippen molar-refractivity contribution in [3.63, 3.8) is 0 Å². The Balaban J connectivity index is 1.98. The van der Waals surface area contributed by atoms with Gasteiger partial charge in [-0.15, -0.1) is 0 Å². The van der Waals surface area contributed by atoms with Crippen molar-refractivity contribution in [1.82, 2.24) is 14.7 Å². The number of hydrogen-bond acceptors (Lipinski definition) is 5. The zero-order valence-electron chi connectivity index (χ0n) is 20.7. The largest absolute Gasteiger partial charge is 0.331 e. The van der Waals surface area contributed by atoms with Gasteiger partial charge in [-0.05, 0) is 43.5 Å². The maximum Gasteiger partial charge on any atom is 0.288 e. The molecule has 3 rings (SSSR count). The second kappa shape index (κ2) is 11.3. The van der Waals surface area contributed by atoms with E-state index in [1.807, 2.05) is 39.8 Å². The van der Waals surface area contributed by atoms with Crippen LogP contribution in [0.1, 0.15) is 71.5 Å². The molecule has 36 heavy (non-hydrogen) atoms. The predicted molar refractivity (Wildman–Crippen MR) is 138 cm³/mol. The number of nitro groups is 1. The Labute approximate surface area is 213 Å². The Kier molecular flexibility index (Phi) is 8.47. The molecule has 0 radical (unpaired) electrons. The number of aromatic nitrogens is 2. The number of H-pyrrole nitrogens is 1. The van der Waals surface area contributed by atoms with Gasteiger partial charge in [0.15, 0.2) is 5.78 Å². The van der Waals surface area contributed by atoms with Gasteiger partial charge in [-0.1, -0.05) is 56.5 Å². The Morgan fingerprint density at radius 3 is 2.42 bits per heavy atom. The molecule has 1 aromatic heterocycles. The summed E-state index contributed by atoms with van der Waals surface area (Å²) >= 11 is 5.89. The fourth-order valence-corrected chi connectivity index (χ4v) is 4.03. The quantitative estimate of drug-likeness (QED) is 0.225. The number of halogens is 1. The number of carbonyl (C=O) groups excluding carboxylic acids is 2. The summed E-state index contributed by atoms with van der Waals surface area (Å²) in [6.07, 6.45) is 1.38. The van der Waals surface area contributed by atoms with E-state index in [0.29, 0.717) is 17.8 Å². The van der Waals surface area contributed by atoms with Crippen molar-refractivity contribution in [1.29, 1.82) is 0 Å². The average molecular weight is 513 g/mol. The van der Waals surface area contributed by atoms with Crippen LogP contribution in [0.4, 0.5) is 5.69 Å². The average Bonchev–Trinajstić information content (AvgIpc) is 3.19. The highest BCUT2D eigenvalue weighted by Crippen LogP contribution is 2.26. The lowest BCUT2D eigenvalue weighted by atomic mass is 10.0. The molecule has 1 heterocycles. The molecular formula is C26H29ClN4O5. The molecule has 1 amide bonds. The first-order chi connectivity index (χ1) is 17.0. The van der Waals surface area contributed by atoms with E-state index >= 15 is 0 Å². The number of nitrogens with one attached hydrogen (secondary N) is 1. The van der Waals surface area contributed by atoms with Crippen molar-refractivity contribution in [2.45, 2.75) is 46.5 Å². The number of ketones is 1. The number of amides is 1. The second-order valence-electron chi connectivity index (χ2n) is 8.96. The molecule has 0 fully saturated rings. The van der Waals surface area contributed by atoms with E-state index in [9.17, 15) is 24.5 Å². The van der Waals surface area contributed by atoms with Gasteiger partial charge in [-0.3, -0.25) is 29.6 Å². The summed E-state index contributed by atoms with van der Waals surface area (Å²) < 4.78 is 1.34. The van der Waals surface area contributed by atoms with Gasteiger partial charge in [-0.25, -0.2) is 4.68 Å². The zero-order valence-corrected chi connectivity index (χ0v) is 21.5. The fraction of sp³-hybridized carbons (Fsp3) is 0.346. The van der Waals surface area contributed by atoms with E-state index in [-0.39, 0.29) is 35.2 Å². The number of nitrogens with zero attached hydrogens (tertiary/aromatic N) is 3. The molecule has 0 atom stereocenters. The van der Waals surface area contributed by atoms with Crippen LogP contribution in [0.25, 0.3) is 5.69 Å². The molecule has 2 aromatic carbocycles. The molecule has 3 aromatic rings. The summed E-state index contributed by atoms with van der Waals surface area (Å²) in [5.41, 5.74) is 1.28. The van der Waals surface area contributed by atoms with Gasteiger partial charge in [-0.2, -0.15) is 0 Å². The van der Waals surface area contributed by atoms with Crippen LogP contribution in [0.2, 0.25) is 5.02 Å². The number of benzene rings is 2. The molecule has 0 bridgehead atoms. The van der Waals surface area contributed by atoms with Crippen LogP contribution >= 0.6 is 11.6 Å². The predicted octanol–water partition coefficient (Wildman–Crippen LogP) is 5.28. The van der Waals surface area contributed by atoms with Gasteiger partial charge < -0.3 is 4.90 Å². The third kappa shape index (κ3) is 5.73. The number of unbranched alkanes of at least 4 members (excludes halogenated alkanes) is 1. The van der Waals surface area contributed by atoms with E-state index in [2.05, 4.69) is 5.10 Å². The molecule has 0 saturated heterocycles.